The first-order valence-electron chi connectivity index (χ1n) is 10.8. The molecule has 0 radical (unpaired) electrons. The molecular weight excluding hydrogens is 376 g/mol. The topological polar surface area (TPSA) is 58.1 Å². The van der Waals surface area contributed by atoms with Gasteiger partial charge in [-0.1, -0.05) is 30.3 Å². The van der Waals surface area contributed by atoms with Crippen molar-refractivity contribution >= 4 is 11.6 Å². The van der Waals surface area contributed by atoms with Crippen molar-refractivity contribution in [3.63, 3.8) is 0 Å². The Morgan fingerprint density at radius 3 is 2.57 bits per heavy atom. The maximum atomic E-state index is 6.01. The molecule has 1 aliphatic heterocycles. The van der Waals surface area contributed by atoms with Crippen molar-refractivity contribution in [1.29, 1.82) is 0 Å². The van der Waals surface area contributed by atoms with Crippen LogP contribution in [0.3, 0.4) is 0 Å². The van der Waals surface area contributed by atoms with Crippen LogP contribution in [-0.2, 0) is 0 Å². The largest absolute Gasteiger partial charge is 0.493 e. The number of nitrogens with one attached hydrogen (secondary N) is 2. The third-order valence-electron chi connectivity index (χ3n) is 5.21. The summed E-state index contributed by atoms with van der Waals surface area (Å²) in [7, 11) is 1.65. The minimum Gasteiger partial charge on any atom is -0.493 e. The van der Waals surface area contributed by atoms with Crippen molar-refractivity contribution in [3.8, 4) is 11.5 Å². The van der Waals surface area contributed by atoms with Crippen LogP contribution in [0, 0.1) is 5.92 Å². The van der Waals surface area contributed by atoms with Gasteiger partial charge in [-0.3, -0.25) is 0 Å². The number of nitrogens with zero attached hydrogens (tertiary/aromatic N) is 2. The molecule has 1 heterocycles. The molecule has 6 heteroatoms. The van der Waals surface area contributed by atoms with Crippen molar-refractivity contribution < 1.29 is 9.47 Å². The molecule has 1 fully saturated rings. The van der Waals surface area contributed by atoms with E-state index in [1.807, 2.05) is 31.2 Å². The molecule has 3 rings (SSSR count). The molecule has 6 nitrogen and oxygen atoms in total. The van der Waals surface area contributed by atoms with Crippen LogP contribution in [0.25, 0.3) is 0 Å². The fraction of sp³-hybridized carbons (Fsp3) is 0.458. The number of guanidine groups is 1. The molecule has 0 amide bonds. The van der Waals surface area contributed by atoms with Gasteiger partial charge in [0.15, 0.2) is 17.5 Å². The van der Waals surface area contributed by atoms with Crippen LogP contribution in [0.4, 0.5) is 5.69 Å². The average molecular weight is 411 g/mol. The number of benzene rings is 2. The van der Waals surface area contributed by atoms with Gasteiger partial charge in [0.2, 0.25) is 0 Å². The highest BCUT2D eigenvalue weighted by atomic mass is 16.5. The highest BCUT2D eigenvalue weighted by Gasteiger charge is 2.22. The van der Waals surface area contributed by atoms with E-state index in [4.69, 9.17) is 14.5 Å². The van der Waals surface area contributed by atoms with Crippen LogP contribution in [0.5, 0.6) is 11.5 Å². The molecule has 2 N–H and O–H groups in total. The van der Waals surface area contributed by atoms with Crippen LogP contribution in [0.15, 0.2) is 59.6 Å². The minimum atomic E-state index is -0.0585. The summed E-state index contributed by atoms with van der Waals surface area (Å²) in [5.41, 5.74) is 1.31. The van der Waals surface area contributed by atoms with E-state index in [9.17, 15) is 0 Å². The number of methoxy groups -OCH3 is 1. The zero-order chi connectivity index (χ0) is 21.2. The standard InChI is InChI=1S/C24H34N4O2/c1-4-25-24(26-16-19(2)30-23-13-9-8-12-22(23)29-3)27-17-20-14-15-28(18-20)21-10-6-5-7-11-21/h5-13,19-20H,4,14-18H2,1-3H3,(H2,25,26,27). The van der Waals surface area contributed by atoms with Crippen LogP contribution >= 0.6 is 0 Å². The quantitative estimate of drug-likeness (QED) is 0.489. The van der Waals surface area contributed by atoms with Crippen LogP contribution in [0.2, 0.25) is 0 Å². The SMILES string of the molecule is CCNC(=NCC(C)Oc1ccccc1OC)NCC1CCN(c2ccccc2)C1. The highest BCUT2D eigenvalue weighted by molar-refractivity contribution is 5.79. The van der Waals surface area contributed by atoms with E-state index in [-0.39, 0.29) is 6.10 Å². The molecule has 2 atom stereocenters. The number of hydrogen-bond acceptors (Lipinski definition) is 4. The summed E-state index contributed by atoms with van der Waals surface area (Å²) >= 11 is 0. The summed E-state index contributed by atoms with van der Waals surface area (Å²) in [5, 5.41) is 6.84. The van der Waals surface area contributed by atoms with Gasteiger partial charge in [0, 0.05) is 31.9 Å². The second kappa shape index (κ2) is 11.3. The van der Waals surface area contributed by atoms with Crippen LogP contribution in [-0.4, -0.2) is 51.9 Å². The molecular formula is C24H34N4O2. The number of para-hydroxylation sites is 3. The molecule has 0 aromatic heterocycles. The number of aliphatic imine (C=N–C) groups is 1. The van der Waals surface area contributed by atoms with E-state index in [1.54, 1.807) is 7.11 Å². The van der Waals surface area contributed by atoms with Crippen molar-refractivity contribution in [3.05, 3.63) is 54.6 Å². The summed E-state index contributed by atoms with van der Waals surface area (Å²) in [6.07, 6.45) is 1.13. The van der Waals surface area contributed by atoms with Crippen molar-refractivity contribution in [2.75, 3.05) is 44.7 Å². The molecule has 0 saturated carbocycles. The van der Waals surface area contributed by atoms with Crippen LogP contribution in [0.1, 0.15) is 20.3 Å². The van der Waals surface area contributed by atoms with Gasteiger partial charge in [-0.05, 0) is 50.5 Å². The first-order valence-corrected chi connectivity index (χ1v) is 10.8. The van der Waals surface area contributed by atoms with Crippen molar-refractivity contribution in [1.82, 2.24) is 10.6 Å². The van der Waals surface area contributed by atoms with Gasteiger partial charge in [-0.2, -0.15) is 0 Å². The molecule has 30 heavy (non-hydrogen) atoms. The summed E-state index contributed by atoms with van der Waals surface area (Å²) < 4.78 is 11.4. The lowest BCUT2D eigenvalue weighted by Crippen LogP contribution is -2.41. The van der Waals surface area contributed by atoms with E-state index < -0.39 is 0 Å². The smallest absolute Gasteiger partial charge is 0.191 e. The lowest BCUT2D eigenvalue weighted by atomic mass is 10.1. The summed E-state index contributed by atoms with van der Waals surface area (Å²) in [6.45, 7) is 8.59. The second-order valence-electron chi connectivity index (χ2n) is 7.62. The Hall–Kier alpha value is -2.89. The molecule has 2 unspecified atom stereocenters. The van der Waals surface area contributed by atoms with Crippen LogP contribution < -0.4 is 25.0 Å². The lowest BCUT2D eigenvalue weighted by molar-refractivity contribution is 0.219. The Labute approximate surface area is 180 Å². The predicted octanol–water partition coefficient (Wildman–Crippen LogP) is 3.54. The summed E-state index contributed by atoms with van der Waals surface area (Å²) in [5.74, 6) is 2.93. The Morgan fingerprint density at radius 2 is 1.83 bits per heavy atom. The Kier molecular flexibility index (Phi) is 8.24. The average Bonchev–Trinajstić information content (AvgIpc) is 3.26. The molecule has 1 saturated heterocycles. The zero-order valence-electron chi connectivity index (χ0n) is 18.3. The van der Waals surface area contributed by atoms with Crippen molar-refractivity contribution in [2.45, 2.75) is 26.4 Å². The fourth-order valence-corrected chi connectivity index (χ4v) is 3.65. The van der Waals surface area contributed by atoms with Gasteiger partial charge in [0.05, 0.1) is 13.7 Å². The maximum Gasteiger partial charge on any atom is 0.191 e. The molecule has 162 valence electrons. The normalized spacial score (nSPS) is 17.5. The number of anilines is 1. The number of hydrogen-bond donors (Lipinski definition) is 2. The second-order valence-corrected chi connectivity index (χ2v) is 7.62. The first kappa shape index (κ1) is 21.8. The third-order valence-corrected chi connectivity index (χ3v) is 5.21. The van der Waals surface area contributed by atoms with E-state index in [0.717, 1.165) is 43.6 Å². The van der Waals surface area contributed by atoms with E-state index in [2.05, 4.69) is 52.8 Å². The lowest BCUT2D eigenvalue weighted by Gasteiger charge is -2.20. The third kappa shape index (κ3) is 6.31. The monoisotopic (exact) mass is 410 g/mol. The summed E-state index contributed by atoms with van der Waals surface area (Å²) in [6, 6.07) is 18.3. The minimum absolute atomic E-state index is 0.0585. The molecule has 1 aliphatic rings. The van der Waals surface area contributed by atoms with E-state index in [1.165, 1.54) is 12.1 Å². The zero-order valence-corrected chi connectivity index (χ0v) is 18.3. The first-order chi connectivity index (χ1) is 14.7. The van der Waals surface area contributed by atoms with E-state index >= 15 is 0 Å². The van der Waals surface area contributed by atoms with Gasteiger partial charge in [0.25, 0.3) is 0 Å². The number of ether oxygens (including phenoxy) is 2. The molecule has 2 aromatic carbocycles. The predicted molar refractivity (Wildman–Crippen MR) is 124 cm³/mol. The molecule has 0 spiro atoms. The number of rotatable bonds is 9. The maximum absolute atomic E-state index is 6.01. The Morgan fingerprint density at radius 1 is 1.10 bits per heavy atom. The molecule has 0 aliphatic carbocycles. The van der Waals surface area contributed by atoms with Crippen molar-refractivity contribution in [2.24, 2.45) is 10.9 Å². The van der Waals surface area contributed by atoms with E-state index in [0.29, 0.717) is 12.5 Å². The summed E-state index contributed by atoms with van der Waals surface area (Å²) in [4.78, 5) is 7.18. The molecule has 0 bridgehead atoms. The van der Waals surface area contributed by atoms with Gasteiger partial charge < -0.3 is 25.0 Å². The fourth-order valence-electron chi connectivity index (χ4n) is 3.65. The van der Waals surface area contributed by atoms with Gasteiger partial charge in [0.1, 0.15) is 6.10 Å². The van der Waals surface area contributed by atoms with Gasteiger partial charge in [-0.15, -0.1) is 0 Å². The Balaban J connectivity index is 1.48. The van der Waals surface area contributed by atoms with Gasteiger partial charge >= 0.3 is 0 Å². The Bertz CT molecular complexity index is 797. The molecule has 2 aromatic rings. The van der Waals surface area contributed by atoms with Gasteiger partial charge in [-0.25, -0.2) is 4.99 Å². The highest BCUT2D eigenvalue weighted by Crippen LogP contribution is 2.27.